The minimum atomic E-state index is -0.964. The number of hydrogen-bond donors (Lipinski definition) is 1. The van der Waals surface area contributed by atoms with E-state index in [2.05, 4.69) is 9.97 Å². The molecule has 0 saturated heterocycles. The van der Waals surface area contributed by atoms with Crippen LogP contribution >= 0.6 is 0 Å². The van der Waals surface area contributed by atoms with Crippen LogP contribution in [0.25, 0.3) is 11.4 Å². The molecular formula is C16H16N2O3. The largest absolute Gasteiger partial charge is 0.496 e. The Morgan fingerprint density at radius 2 is 2.14 bits per heavy atom. The van der Waals surface area contributed by atoms with Crippen molar-refractivity contribution in [2.45, 2.75) is 25.7 Å². The smallest absolute Gasteiger partial charge is 0.339 e. The Hall–Kier alpha value is -2.43. The fourth-order valence-electron chi connectivity index (χ4n) is 2.38. The molecule has 1 N–H and O–H groups in total. The molecule has 5 heteroatoms. The van der Waals surface area contributed by atoms with E-state index in [0.29, 0.717) is 11.5 Å². The molecule has 0 bridgehead atoms. The van der Waals surface area contributed by atoms with Crippen molar-refractivity contribution in [2.75, 3.05) is 7.11 Å². The fourth-order valence-corrected chi connectivity index (χ4v) is 2.38. The topological polar surface area (TPSA) is 72.3 Å². The van der Waals surface area contributed by atoms with Crippen LogP contribution in [-0.2, 0) is 0 Å². The van der Waals surface area contributed by atoms with Gasteiger partial charge in [-0.3, -0.25) is 0 Å². The average Bonchev–Trinajstić information content (AvgIpc) is 3.31. The Balaban J connectivity index is 2.04. The molecule has 1 aliphatic carbocycles. The van der Waals surface area contributed by atoms with Crippen LogP contribution in [0.5, 0.6) is 5.75 Å². The summed E-state index contributed by atoms with van der Waals surface area (Å²) in [5, 5.41) is 9.22. The van der Waals surface area contributed by atoms with Gasteiger partial charge in [0.05, 0.1) is 18.4 Å². The van der Waals surface area contributed by atoms with Gasteiger partial charge in [-0.15, -0.1) is 0 Å². The highest BCUT2D eigenvalue weighted by Crippen LogP contribution is 2.41. The zero-order chi connectivity index (χ0) is 15.0. The monoisotopic (exact) mass is 284 g/mol. The van der Waals surface area contributed by atoms with Crippen molar-refractivity contribution in [1.82, 2.24) is 9.97 Å². The molecule has 1 aromatic heterocycles. The van der Waals surface area contributed by atoms with E-state index in [-0.39, 0.29) is 11.5 Å². The second-order valence-corrected chi connectivity index (χ2v) is 5.26. The highest BCUT2D eigenvalue weighted by Gasteiger charge is 2.30. The minimum absolute atomic E-state index is 0.214. The molecule has 0 radical (unpaired) electrons. The number of nitrogens with zero attached hydrogens (tertiary/aromatic N) is 2. The van der Waals surface area contributed by atoms with Crippen LogP contribution in [0.1, 0.15) is 40.4 Å². The molecule has 108 valence electrons. The van der Waals surface area contributed by atoms with Gasteiger partial charge in [0.2, 0.25) is 0 Å². The number of carboxylic acid groups (broad SMARTS) is 1. The molecule has 1 saturated carbocycles. The lowest BCUT2D eigenvalue weighted by Crippen LogP contribution is -2.06. The van der Waals surface area contributed by atoms with Crippen molar-refractivity contribution in [1.29, 1.82) is 0 Å². The van der Waals surface area contributed by atoms with Gasteiger partial charge in [0.1, 0.15) is 5.75 Å². The van der Waals surface area contributed by atoms with Gasteiger partial charge < -0.3 is 9.84 Å². The van der Waals surface area contributed by atoms with Crippen LogP contribution in [0.2, 0.25) is 0 Å². The Labute approximate surface area is 122 Å². The van der Waals surface area contributed by atoms with E-state index in [1.165, 1.54) is 6.20 Å². The molecule has 0 aliphatic heterocycles. The van der Waals surface area contributed by atoms with Gasteiger partial charge in [0.15, 0.2) is 5.82 Å². The summed E-state index contributed by atoms with van der Waals surface area (Å²) >= 11 is 0. The van der Waals surface area contributed by atoms with Crippen LogP contribution in [-0.4, -0.2) is 28.2 Å². The number of hydrogen-bond acceptors (Lipinski definition) is 4. The van der Waals surface area contributed by atoms with Crippen LogP contribution in [0.3, 0.4) is 0 Å². The van der Waals surface area contributed by atoms with E-state index in [1.807, 2.05) is 25.1 Å². The molecular weight excluding hydrogens is 268 g/mol. The molecule has 0 amide bonds. The molecule has 3 rings (SSSR count). The van der Waals surface area contributed by atoms with E-state index >= 15 is 0 Å². The van der Waals surface area contributed by atoms with Gasteiger partial charge in [0, 0.05) is 17.7 Å². The summed E-state index contributed by atoms with van der Waals surface area (Å²) in [6, 6.07) is 5.71. The zero-order valence-corrected chi connectivity index (χ0v) is 12.0. The van der Waals surface area contributed by atoms with Crippen molar-refractivity contribution in [3.8, 4) is 17.1 Å². The summed E-state index contributed by atoms with van der Waals surface area (Å²) in [5.74, 6) is 0.669. The summed E-state index contributed by atoms with van der Waals surface area (Å²) in [6.45, 7) is 1.95. The molecule has 1 heterocycles. The van der Waals surface area contributed by atoms with Crippen molar-refractivity contribution in [3.05, 3.63) is 41.2 Å². The van der Waals surface area contributed by atoms with Gasteiger partial charge in [-0.2, -0.15) is 0 Å². The molecule has 0 unspecified atom stereocenters. The number of methoxy groups -OCH3 is 1. The Morgan fingerprint density at radius 1 is 1.38 bits per heavy atom. The first-order valence-corrected chi connectivity index (χ1v) is 6.85. The highest BCUT2D eigenvalue weighted by molar-refractivity contribution is 5.89. The van der Waals surface area contributed by atoms with Crippen LogP contribution < -0.4 is 4.74 Å². The maximum absolute atomic E-state index is 11.2. The summed E-state index contributed by atoms with van der Waals surface area (Å²) < 4.78 is 5.24. The maximum Gasteiger partial charge on any atom is 0.339 e. The average molecular weight is 284 g/mol. The first-order chi connectivity index (χ1) is 10.1. The second kappa shape index (κ2) is 5.16. The lowest BCUT2D eigenvalue weighted by molar-refractivity contribution is 0.0694. The third kappa shape index (κ3) is 2.59. The highest BCUT2D eigenvalue weighted by atomic mass is 16.5. The number of carboxylic acids is 1. The number of ether oxygens (including phenoxy) is 1. The van der Waals surface area contributed by atoms with E-state index in [4.69, 9.17) is 4.74 Å². The fraction of sp³-hybridized carbons (Fsp3) is 0.312. The van der Waals surface area contributed by atoms with Crippen LogP contribution in [0.4, 0.5) is 0 Å². The molecule has 0 spiro atoms. The lowest BCUT2D eigenvalue weighted by atomic mass is 10.1. The summed E-state index contributed by atoms with van der Waals surface area (Å²) in [7, 11) is 1.63. The quantitative estimate of drug-likeness (QED) is 0.934. The third-order valence-electron chi connectivity index (χ3n) is 3.67. The first-order valence-electron chi connectivity index (χ1n) is 6.85. The van der Waals surface area contributed by atoms with E-state index in [9.17, 15) is 9.90 Å². The lowest BCUT2D eigenvalue weighted by Gasteiger charge is -2.09. The number of aromatic carboxylic acids is 1. The standard InChI is InChI=1S/C16H16N2O3/c1-9-7-11(5-6-13(9)21-2)15-17-8-12(16(19)20)14(18-15)10-3-4-10/h5-8,10H,3-4H2,1-2H3,(H,19,20). The maximum atomic E-state index is 11.2. The van der Waals surface area contributed by atoms with Gasteiger partial charge in [0.25, 0.3) is 0 Å². The van der Waals surface area contributed by atoms with E-state index in [1.54, 1.807) is 7.11 Å². The zero-order valence-electron chi connectivity index (χ0n) is 12.0. The normalized spacial score (nSPS) is 14.0. The van der Waals surface area contributed by atoms with Crippen molar-refractivity contribution in [2.24, 2.45) is 0 Å². The van der Waals surface area contributed by atoms with Crippen LogP contribution in [0, 0.1) is 6.92 Å². The number of rotatable bonds is 4. The molecule has 21 heavy (non-hydrogen) atoms. The number of carbonyl (C=O) groups is 1. The second-order valence-electron chi connectivity index (χ2n) is 5.26. The molecule has 0 atom stereocenters. The summed E-state index contributed by atoms with van der Waals surface area (Å²) in [4.78, 5) is 19.9. The molecule has 1 fully saturated rings. The first kappa shape index (κ1) is 13.5. The van der Waals surface area contributed by atoms with Gasteiger partial charge in [-0.1, -0.05) is 0 Å². The van der Waals surface area contributed by atoms with Crippen molar-refractivity contribution in [3.63, 3.8) is 0 Å². The number of benzene rings is 1. The van der Waals surface area contributed by atoms with E-state index < -0.39 is 5.97 Å². The number of aryl methyl sites for hydroxylation is 1. The Morgan fingerprint density at radius 3 is 2.71 bits per heavy atom. The Kier molecular flexibility index (Phi) is 3.33. The van der Waals surface area contributed by atoms with Crippen molar-refractivity contribution < 1.29 is 14.6 Å². The SMILES string of the molecule is COc1ccc(-c2ncc(C(=O)O)c(C3CC3)n2)cc1C. The molecule has 2 aromatic rings. The van der Waals surface area contributed by atoms with Gasteiger partial charge >= 0.3 is 5.97 Å². The molecule has 5 nitrogen and oxygen atoms in total. The Bertz CT molecular complexity index is 709. The minimum Gasteiger partial charge on any atom is -0.496 e. The summed E-state index contributed by atoms with van der Waals surface area (Å²) in [5.41, 5.74) is 2.73. The van der Waals surface area contributed by atoms with Crippen molar-refractivity contribution >= 4 is 5.97 Å². The van der Waals surface area contributed by atoms with Crippen LogP contribution in [0.15, 0.2) is 24.4 Å². The predicted octanol–water partition coefficient (Wildman–Crippen LogP) is 3.04. The predicted molar refractivity (Wildman–Crippen MR) is 77.7 cm³/mol. The van der Waals surface area contributed by atoms with Gasteiger partial charge in [-0.05, 0) is 43.5 Å². The molecule has 1 aromatic carbocycles. The summed E-state index contributed by atoms with van der Waals surface area (Å²) in [6.07, 6.45) is 3.41. The van der Waals surface area contributed by atoms with Gasteiger partial charge in [-0.25, -0.2) is 14.8 Å². The molecule has 1 aliphatic rings. The number of aromatic nitrogens is 2. The van der Waals surface area contributed by atoms with E-state index in [0.717, 1.165) is 29.7 Å². The third-order valence-corrected chi connectivity index (χ3v) is 3.67.